The number of nitrogens with one attached hydrogen (secondary N) is 1. The second-order valence-corrected chi connectivity index (χ2v) is 7.23. The smallest absolute Gasteiger partial charge is 0.0991 e. The third-order valence-corrected chi connectivity index (χ3v) is 5.54. The van der Waals surface area contributed by atoms with E-state index in [1.54, 1.807) is 0 Å². The van der Waals surface area contributed by atoms with E-state index in [0.717, 1.165) is 18.5 Å². The third kappa shape index (κ3) is 3.62. The minimum Gasteiger partial charge on any atom is -0.385 e. The van der Waals surface area contributed by atoms with E-state index in [0.29, 0.717) is 5.92 Å². The van der Waals surface area contributed by atoms with Gasteiger partial charge in [0.1, 0.15) is 0 Å². The van der Waals surface area contributed by atoms with Crippen LogP contribution in [-0.2, 0) is 6.42 Å². The van der Waals surface area contributed by atoms with Gasteiger partial charge in [0.15, 0.2) is 0 Å². The zero-order valence-electron chi connectivity index (χ0n) is 13.4. The topological polar surface area (TPSA) is 61.8 Å². The molecule has 0 bridgehead atoms. The molecule has 118 valence electrons. The molecule has 0 saturated heterocycles. The van der Waals surface area contributed by atoms with Gasteiger partial charge in [0, 0.05) is 17.8 Å². The van der Waals surface area contributed by atoms with Gasteiger partial charge in [0.25, 0.3) is 0 Å². The lowest BCUT2D eigenvalue weighted by atomic mass is 9.77. The Morgan fingerprint density at radius 1 is 1.27 bits per heavy atom. The molecule has 2 aliphatic rings. The average Bonchev–Trinajstić information content (AvgIpc) is 2.75. The summed E-state index contributed by atoms with van der Waals surface area (Å²) in [5, 5.41) is 12.6. The second kappa shape index (κ2) is 6.71. The maximum atomic E-state index is 9.03. The van der Waals surface area contributed by atoms with Gasteiger partial charge in [-0.3, -0.25) is 0 Å². The molecule has 1 aliphatic heterocycles. The zero-order valence-corrected chi connectivity index (χ0v) is 13.4. The van der Waals surface area contributed by atoms with Crippen molar-refractivity contribution in [3.63, 3.8) is 0 Å². The Morgan fingerprint density at radius 2 is 2.09 bits per heavy atom. The lowest BCUT2D eigenvalue weighted by Crippen LogP contribution is -2.42. The molecular weight excluding hydrogens is 270 g/mol. The molecular formula is C19H27N3. The number of anilines is 1. The van der Waals surface area contributed by atoms with E-state index in [9.17, 15) is 0 Å². The monoisotopic (exact) mass is 297 g/mol. The Morgan fingerprint density at radius 3 is 2.86 bits per heavy atom. The Bertz CT molecular complexity index is 552. The molecule has 1 saturated carbocycles. The molecule has 22 heavy (non-hydrogen) atoms. The minimum atomic E-state index is 0.103. The van der Waals surface area contributed by atoms with E-state index in [1.165, 1.54) is 62.6 Å². The number of hydrogen-bond acceptors (Lipinski definition) is 3. The van der Waals surface area contributed by atoms with Crippen LogP contribution in [0.25, 0.3) is 0 Å². The molecule has 1 unspecified atom stereocenters. The number of nitriles is 1. The fourth-order valence-corrected chi connectivity index (χ4v) is 4.00. The number of fused-ring (bicyclic) bond motifs is 1. The van der Waals surface area contributed by atoms with Gasteiger partial charge in [-0.1, -0.05) is 19.3 Å². The molecule has 0 spiro atoms. The normalized spacial score (nSPS) is 23.7. The molecule has 3 N–H and O–H groups in total. The Labute approximate surface area is 133 Å². The van der Waals surface area contributed by atoms with Crippen molar-refractivity contribution >= 4 is 5.69 Å². The van der Waals surface area contributed by atoms with Gasteiger partial charge in [0.05, 0.1) is 11.6 Å². The molecule has 1 heterocycles. The zero-order chi connectivity index (χ0) is 15.4. The van der Waals surface area contributed by atoms with Gasteiger partial charge < -0.3 is 11.1 Å². The molecule has 0 radical (unpaired) electrons. The van der Waals surface area contributed by atoms with Gasteiger partial charge in [-0.05, 0) is 68.2 Å². The molecule has 0 amide bonds. The number of nitrogens with zero attached hydrogens (tertiary/aromatic N) is 1. The summed E-state index contributed by atoms with van der Waals surface area (Å²) in [4.78, 5) is 0. The summed E-state index contributed by atoms with van der Waals surface area (Å²) in [5.41, 5.74) is 9.95. The highest BCUT2D eigenvalue weighted by Crippen LogP contribution is 2.33. The quantitative estimate of drug-likeness (QED) is 0.887. The Balaban J connectivity index is 1.56. The first kappa shape index (κ1) is 15.4. The van der Waals surface area contributed by atoms with E-state index >= 15 is 0 Å². The Kier molecular flexibility index (Phi) is 4.69. The number of nitrogens with two attached hydrogens (primary N) is 1. The summed E-state index contributed by atoms with van der Waals surface area (Å²) in [7, 11) is 0. The minimum absolute atomic E-state index is 0.103. The van der Waals surface area contributed by atoms with Gasteiger partial charge in [-0.15, -0.1) is 0 Å². The van der Waals surface area contributed by atoms with Crippen molar-refractivity contribution in [1.82, 2.24) is 0 Å². The SMILES string of the molecule is N#Cc1ccc2c(c1)CCC(CCC1(N)CCCCC1)CN2. The van der Waals surface area contributed by atoms with E-state index < -0.39 is 0 Å². The van der Waals surface area contributed by atoms with Crippen LogP contribution in [0.4, 0.5) is 5.69 Å². The van der Waals surface area contributed by atoms with E-state index in [1.807, 2.05) is 12.1 Å². The van der Waals surface area contributed by atoms with Crippen LogP contribution in [0.3, 0.4) is 0 Å². The molecule has 1 aromatic carbocycles. The van der Waals surface area contributed by atoms with E-state index in [-0.39, 0.29) is 5.54 Å². The van der Waals surface area contributed by atoms with Crippen molar-refractivity contribution in [2.75, 3.05) is 11.9 Å². The molecule has 3 nitrogen and oxygen atoms in total. The van der Waals surface area contributed by atoms with Gasteiger partial charge in [-0.25, -0.2) is 0 Å². The molecule has 1 fully saturated rings. The number of aryl methyl sites for hydroxylation is 1. The van der Waals surface area contributed by atoms with Crippen LogP contribution in [-0.4, -0.2) is 12.1 Å². The van der Waals surface area contributed by atoms with Crippen LogP contribution in [0.1, 0.15) is 62.5 Å². The van der Waals surface area contributed by atoms with Crippen molar-refractivity contribution < 1.29 is 0 Å². The molecule has 1 atom stereocenters. The summed E-state index contributed by atoms with van der Waals surface area (Å²) < 4.78 is 0. The highest BCUT2D eigenvalue weighted by atomic mass is 14.9. The molecule has 3 heteroatoms. The summed E-state index contributed by atoms with van der Waals surface area (Å²) in [5.74, 6) is 0.695. The fraction of sp³-hybridized carbons (Fsp3) is 0.632. The van der Waals surface area contributed by atoms with Gasteiger partial charge in [0.2, 0.25) is 0 Å². The van der Waals surface area contributed by atoms with Crippen molar-refractivity contribution in [3.8, 4) is 6.07 Å². The van der Waals surface area contributed by atoms with Gasteiger partial charge in [-0.2, -0.15) is 5.26 Å². The first-order valence-electron chi connectivity index (χ1n) is 8.74. The lowest BCUT2D eigenvalue weighted by Gasteiger charge is -2.34. The Hall–Kier alpha value is -1.53. The second-order valence-electron chi connectivity index (χ2n) is 7.23. The van der Waals surface area contributed by atoms with E-state index in [4.69, 9.17) is 11.0 Å². The third-order valence-electron chi connectivity index (χ3n) is 5.54. The summed E-state index contributed by atoms with van der Waals surface area (Å²) in [6.45, 7) is 1.04. The highest BCUT2D eigenvalue weighted by Gasteiger charge is 2.28. The maximum absolute atomic E-state index is 9.03. The van der Waals surface area contributed by atoms with Crippen molar-refractivity contribution in [1.29, 1.82) is 5.26 Å². The summed E-state index contributed by atoms with van der Waals surface area (Å²) in [6, 6.07) is 8.24. The van der Waals surface area contributed by atoms with E-state index in [2.05, 4.69) is 17.5 Å². The summed E-state index contributed by atoms with van der Waals surface area (Å²) >= 11 is 0. The number of hydrogen-bond donors (Lipinski definition) is 2. The molecule has 1 aromatic rings. The van der Waals surface area contributed by atoms with Crippen molar-refractivity contribution in [2.45, 2.75) is 63.3 Å². The number of rotatable bonds is 3. The lowest BCUT2D eigenvalue weighted by molar-refractivity contribution is 0.255. The maximum Gasteiger partial charge on any atom is 0.0991 e. The summed E-state index contributed by atoms with van der Waals surface area (Å²) in [6.07, 6.45) is 11.1. The molecule has 3 rings (SSSR count). The standard InChI is InChI=1S/C19H27N3/c20-13-16-5-7-18-17(12-16)6-4-15(14-22-18)8-11-19(21)9-2-1-3-10-19/h5,7,12,15,22H,1-4,6,8-11,14,21H2. The van der Waals surface area contributed by atoms with Crippen molar-refractivity contribution in [2.24, 2.45) is 11.7 Å². The first-order chi connectivity index (χ1) is 10.7. The van der Waals surface area contributed by atoms with Crippen LogP contribution < -0.4 is 11.1 Å². The predicted octanol–water partition coefficient (Wildman–Crippen LogP) is 3.97. The first-order valence-corrected chi connectivity index (χ1v) is 8.74. The average molecular weight is 297 g/mol. The largest absolute Gasteiger partial charge is 0.385 e. The van der Waals surface area contributed by atoms with Crippen LogP contribution in [0.2, 0.25) is 0 Å². The fourth-order valence-electron chi connectivity index (χ4n) is 4.00. The van der Waals surface area contributed by atoms with Crippen LogP contribution in [0.5, 0.6) is 0 Å². The number of benzene rings is 1. The highest BCUT2D eigenvalue weighted by molar-refractivity contribution is 5.55. The van der Waals surface area contributed by atoms with Crippen LogP contribution >= 0.6 is 0 Å². The van der Waals surface area contributed by atoms with Crippen LogP contribution in [0, 0.1) is 17.2 Å². The molecule has 1 aliphatic carbocycles. The molecule has 0 aromatic heterocycles. The predicted molar refractivity (Wildman–Crippen MR) is 90.7 cm³/mol. The van der Waals surface area contributed by atoms with Gasteiger partial charge >= 0.3 is 0 Å². The van der Waals surface area contributed by atoms with Crippen LogP contribution in [0.15, 0.2) is 18.2 Å². The van der Waals surface area contributed by atoms with Crippen molar-refractivity contribution in [3.05, 3.63) is 29.3 Å².